The molecule has 1 aliphatic rings. The van der Waals surface area contributed by atoms with Crippen LogP contribution in [0.3, 0.4) is 0 Å². The van der Waals surface area contributed by atoms with Crippen molar-refractivity contribution in [3.63, 3.8) is 0 Å². The third kappa shape index (κ3) is 8.79. The number of aliphatic hydroxyl groups is 2. The van der Waals surface area contributed by atoms with Crippen LogP contribution >= 0.6 is 0 Å². The summed E-state index contributed by atoms with van der Waals surface area (Å²) >= 11 is 0. The van der Waals surface area contributed by atoms with E-state index in [-0.39, 0.29) is 36.8 Å². The Hall–Kier alpha value is -2.25. The van der Waals surface area contributed by atoms with Gasteiger partial charge in [-0.1, -0.05) is 30.3 Å². The van der Waals surface area contributed by atoms with Crippen molar-refractivity contribution in [2.75, 3.05) is 26.2 Å². The molecule has 0 bridgehead atoms. The van der Waals surface area contributed by atoms with Crippen LogP contribution in [0.2, 0.25) is 0 Å². The average molecular weight is 457 g/mol. The molecule has 0 aromatic heterocycles. The van der Waals surface area contributed by atoms with Crippen LogP contribution in [0.4, 0.5) is 0 Å². The van der Waals surface area contributed by atoms with E-state index in [2.05, 4.69) is 15.0 Å². The van der Waals surface area contributed by atoms with Gasteiger partial charge in [-0.05, 0) is 24.8 Å². The standard InChI is InChI=1S/C19H32N6O5S/c20-19(21)22-9-4-7-15(12-26)23-17(27)11-25-10-8-16(18(25)28)24-31(29,30)13-14-5-2-1-3-6-14/h1-3,5-6,15-17,23-24,26-27H,4,7-13H2,(H4,20,21,22). The first-order chi connectivity index (χ1) is 14.7. The van der Waals surface area contributed by atoms with Gasteiger partial charge in [0.2, 0.25) is 15.9 Å². The van der Waals surface area contributed by atoms with Crippen LogP contribution in [0.5, 0.6) is 0 Å². The topological polar surface area (TPSA) is 183 Å². The summed E-state index contributed by atoms with van der Waals surface area (Å²) in [7, 11) is -3.68. The average Bonchev–Trinajstić information content (AvgIpc) is 3.03. The molecular weight excluding hydrogens is 424 g/mol. The molecule has 3 unspecified atom stereocenters. The number of sulfonamides is 1. The van der Waals surface area contributed by atoms with Crippen LogP contribution in [-0.4, -0.2) is 80.0 Å². The molecule has 11 nitrogen and oxygen atoms in total. The first kappa shape index (κ1) is 25.0. The lowest BCUT2D eigenvalue weighted by atomic mass is 10.1. The van der Waals surface area contributed by atoms with Crippen molar-refractivity contribution in [2.24, 2.45) is 16.5 Å². The van der Waals surface area contributed by atoms with Gasteiger partial charge in [-0.25, -0.2) is 13.1 Å². The second-order valence-electron chi connectivity index (χ2n) is 7.50. The van der Waals surface area contributed by atoms with Crippen LogP contribution < -0.4 is 21.5 Å². The highest BCUT2D eigenvalue weighted by Crippen LogP contribution is 2.14. The third-order valence-electron chi connectivity index (χ3n) is 4.87. The van der Waals surface area contributed by atoms with Gasteiger partial charge in [0.15, 0.2) is 5.96 Å². The minimum absolute atomic E-state index is 0.00460. The summed E-state index contributed by atoms with van der Waals surface area (Å²) in [5.74, 6) is -0.597. The van der Waals surface area contributed by atoms with Crippen LogP contribution in [0.15, 0.2) is 35.3 Å². The SMILES string of the molecule is NC(N)=NCCCC(CO)NC(O)CN1CCC(NS(=O)(=O)Cc2ccccc2)C1=O. The Balaban J connectivity index is 1.80. The van der Waals surface area contributed by atoms with Gasteiger partial charge in [-0.15, -0.1) is 0 Å². The number of likely N-dealkylation sites (tertiary alicyclic amines) is 1. The molecule has 8 N–H and O–H groups in total. The Morgan fingerprint density at radius 1 is 1.29 bits per heavy atom. The summed E-state index contributed by atoms with van der Waals surface area (Å²) in [5, 5.41) is 22.6. The fraction of sp³-hybridized carbons (Fsp3) is 0.579. The van der Waals surface area contributed by atoms with Gasteiger partial charge in [0.25, 0.3) is 0 Å². The van der Waals surface area contributed by atoms with Crippen molar-refractivity contribution in [3.05, 3.63) is 35.9 Å². The number of nitrogens with one attached hydrogen (secondary N) is 2. The van der Waals surface area contributed by atoms with Crippen molar-refractivity contribution in [1.29, 1.82) is 0 Å². The second-order valence-corrected chi connectivity index (χ2v) is 9.25. The Kier molecular flexibility index (Phi) is 9.65. The molecule has 31 heavy (non-hydrogen) atoms. The number of rotatable bonds is 13. The smallest absolute Gasteiger partial charge is 0.240 e. The first-order valence-electron chi connectivity index (χ1n) is 10.1. The maximum absolute atomic E-state index is 12.6. The number of amides is 1. The Morgan fingerprint density at radius 3 is 2.65 bits per heavy atom. The van der Waals surface area contributed by atoms with E-state index >= 15 is 0 Å². The number of carbonyl (C=O) groups excluding carboxylic acids is 1. The number of guanidine groups is 1. The van der Waals surface area contributed by atoms with Crippen molar-refractivity contribution in [3.8, 4) is 0 Å². The maximum atomic E-state index is 12.6. The molecule has 12 heteroatoms. The molecule has 1 aromatic rings. The molecule has 0 spiro atoms. The predicted octanol–water partition coefficient (Wildman–Crippen LogP) is -1.97. The van der Waals surface area contributed by atoms with E-state index in [0.29, 0.717) is 37.9 Å². The highest BCUT2D eigenvalue weighted by Gasteiger charge is 2.35. The first-order valence-corrected chi connectivity index (χ1v) is 11.8. The summed E-state index contributed by atoms with van der Waals surface area (Å²) in [6.45, 7) is 0.519. The number of β-amino-alcohol motifs (C(OH)–C–C–N with tert-alkyl or cyclic N) is 1. The fourth-order valence-electron chi connectivity index (χ4n) is 3.39. The van der Waals surface area contributed by atoms with E-state index < -0.39 is 22.3 Å². The molecule has 1 aliphatic heterocycles. The Morgan fingerprint density at radius 2 is 2.00 bits per heavy atom. The number of aliphatic imine (C=N–C) groups is 1. The molecule has 1 heterocycles. The summed E-state index contributed by atoms with van der Waals surface area (Å²) < 4.78 is 27.2. The number of aliphatic hydroxyl groups excluding tert-OH is 2. The molecule has 2 rings (SSSR count). The van der Waals surface area contributed by atoms with Gasteiger partial charge in [-0.2, -0.15) is 0 Å². The van der Waals surface area contributed by atoms with E-state index in [1.165, 1.54) is 4.90 Å². The zero-order valence-electron chi connectivity index (χ0n) is 17.4. The molecular formula is C19H32N6O5S. The number of nitrogens with two attached hydrogens (primary N) is 2. The number of hydrogen-bond donors (Lipinski definition) is 6. The second kappa shape index (κ2) is 12.0. The van der Waals surface area contributed by atoms with Gasteiger partial charge < -0.3 is 26.6 Å². The highest BCUT2D eigenvalue weighted by atomic mass is 32.2. The van der Waals surface area contributed by atoms with Gasteiger partial charge >= 0.3 is 0 Å². The lowest BCUT2D eigenvalue weighted by molar-refractivity contribution is -0.130. The molecule has 1 fully saturated rings. The van der Waals surface area contributed by atoms with Gasteiger partial charge in [0, 0.05) is 19.1 Å². The summed E-state index contributed by atoms with van der Waals surface area (Å²) in [5.41, 5.74) is 11.1. The highest BCUT2D eigenvalue weighted by molar-refractivity contribution is 7.88. The maximum Gasteiger partial charge on any atom is 0.240 e. The fourth-order valence-corrected chi connectivity index (χ4v) is 4.76. The zero-order chi connectivity index (χ0) is 22.9. The number of nitrogens with zero attached hydrogens (tertiary/aromatic N) is 2. The molecule has 174 valence electrons. The van der Waals surface area contributed by atoms with E-state index in [0.717, 1.165) is 0 Å². The molecule has 1 saturated heterocycles. The van der Waals surface area contributed by atoms with E-state index in [9.17, 15) is 23.4 Å². The minimum atomic E-state index is -3.68. The monoisotopic (exact) mass is 456 g/mol. The number of carbonyl (C=O) groups is 1. The van der Waals surface area contributed by atoms with E-state index in [4.69, 9.17) is 11.5 Å². The molecule has 1 aromatic carbocycles. The quantitative estimate of drug-likeness (QED) is 0.0854. The van der Waals surface area contributed by atoms with Crippen LogP contribution in [-0.2, 0) is 20.6 Å². The molecule has 3 atom stereocenters. The van der Waals surface area contributed by atoms with E-state index in [1.54, 1.807) is 30.3 Å². The van der Waals surface area contributed by atoms with Crippen molar-refractivity contribution in [1.82, 2.24) is 14.9 Å². The Bertz CT molecular complexity index is 831. The predicted molar refractivity (Wildman–Crippen MR) is 117 cm³/mol. The minimum Gasteiger partial charge on any atom is -0.395 e. The number of hydrogen-bond acceptors (Lipinski definition) is 7. The van der Waals surface area contributed by atoms with Crippen molar-refractivity contribution < 1.29 is 23.4 Å². The summed E-state index contributed by atoms with van der Waals surface area (Å²) in [4.78, 5) is 17.8. The van der Waals surface area contributed by atoms with Crippen LogP contribution in [0, 0.1) is 0 Å². The zero-order valence-corrected chi connectivity index (χ0v) is 18.2. The molecule has 0 radical (unpaired) electrons. The van der Waals surface area contributed by atoms with E-state index in [1.807, 2.05) is 0 Å². The van der Waals surface area contributed by atoms with Gasteiger partial charge in [0.1, 0.15) is 12.3 Å². The summed E-state index contributed by atoms with van der Waals surface area (Å²) in [6, 6.07) is 7.48. The Labute approximate surface area is 182 Å². The third-order valence-corrected chi connectivity index (χ3v) is 6.22. The largest absolute Gasteiger partial charge is 0.395 e. The lowest BCUT2D eigenvalue weighted by Gasteiger charge is -2.25. The van der Waals surface area contributed by atoms with Crippen LogP contribution in [0.1, 0.15) is 24.8 Å². The van der Waals surface area contributed by atoms with Crippen molar-refractivity contribution >= 4 is 21.9 Å². The molecule has 1 amide bonds. The lowest BCUT2D eigenvalue weighted by Crippen LogP contribution is -2.49. The summed E-state index contributed by atoms with van der Waals surface area (Å²) in [6.07, 6.45) is 0.391. The molecule has 0 saturated carbocycles. The number of benzene rings is 1. The van der Waals surface area contributed by atoms with Gasteiger partial charge in [-0.3, -0.25) is 15.1 Å². The molecule has 0 aliphatic carbocycles. The normalized spacial score (nSPS) is 18.7. The van der Waals surface area contributed by atoms with Crippen LogP contribution in [0.25, 0.3) is 0 Å². The van der Waals surface area contributed by atoms with Gasteiger partial charge in [0.05, 0.1) is 18.9 Å². The van der Waals surface area contributed by atoms with Crippen molar-refractivity contribution in [2.45, 2.75) is 43.3 Å².